The zero-order valence-corrected chi connectivity index (χ0v) is 14.8. The van der Waals surface area contributed by atoms with Crippen LogP contribution in [0.15, 0.2) is 0 Å². The second-order valence-corrected chi connectivity index (χ2v) is 7.91. The maximum Gasteiger partial charge on any atom is 0.309 e. The summed E-state index contributed by atoms with van der Waals surface area (Å²) in [5, 5.41) is 3.38. The number of ether oxygens (including phenoxy) is 1. The number of piperidine rings is 1. The van der Waals surface area contributed by atoms with E-state index in [9.17, 15) is 4.79 Å². The van der Waals surface area contributed by atoms with E-state index in [2.05, 4.69) is 26.1 Å². The summed E-state index contributed by atoms with van der Waals surface area (Å²) >= 11 is 0. The van der Waals surface area contributed by atoms with Crippen LogP contribution in [-0.4, -0.2) is 24.7 Å². The molecular weight excluding hydrogens is 274 g/mol. The molecule has 2 aliphatic rings. The van der Waals surface area contributed by atoms with Crippen LogP contribution >= 0.6 is 0 Å². The van der Waals surface area contributed by atoms with Crippen LogP contribution in [0.25, 0.3) is 0 Å². The lowest BCUT2D eigenvalue weighted by Gasteiger charge is -2.38. The summed E-state index contributed by atoms with van der Waals surface area (Å²) in [5.74, 6) is 1.57. The van der Waals surface area contributed by atoms with Gasteiger partial charge in [-0.2, -0.15) is 0 Å². The summed E-state index contributed by atoms with van der Waals surface area (Å²) in [7, 11) is 0. The van der Waals surface area contributed by atoms with Crippen LogP contribution in [-0.2, 0) is 9.53 Å². The molecule has 1 heterocycles. The van der Waals surface area contributed by atoms with E-state index in [1.54, 1.807) is 0 Å². The van der Waals surface area contributed by atoms with Gasteiger partial charge >= 0.3 is 5.97 Å². The second kappa shape index (κ2) is 8.33. The summed E-state index contributed by atoms with van der Waals surface area (Å²) in [6.07, 6.45) is 10.7. The van der Waals surface area contributed by atoms with E-state index >= 15 is 0 Å². The van der Waals surface area contributed by atoms with Crippen molar-refractivity contribution in [3.05, 3.63) is 0 Å². The second-order valence-electron chi connectivity index (χ2n) is 7.91. The van der Waals surface area contributed by atoms with Gasteiger partial charge in [-0.05, 0) is 71.4 Å². The lowest BCUT2D eigenvalue weighted by atomic mass is 9.79. The molecule has 0 bridgehead atoms. The molecule has 0 spiro atoms. The van der Waals surface area contributed by atoms with Gasteiger partial charge in [-0.15, -0.1) is 0 Å². The van der Waals surface area contributed by atoms with Crippen LogP contribution in [0.4, 0.5) is 0 Å². The monoisotopic (exact) mass is 309 g/mol. The lowest BCUT2D eigenvalue weighted by molar-refractivity contribution is -0.169. The molecule has 2 fully saturated rings. The molecule has 3 heteroatoms. The molecule has 0 atom stereocenters. The van der Waals surface area contributed by atoms with Gasteiger partial charge in [0.2, 0.25) is 0 Å². The van der Waals surface area contributed by atoms with Crippen LogP contribution in [0, 0.1) is 17.8 Å². The lowest BCUT2D eigenvalue weighted by Crippen LogP contribution is -2.44. The van der Waals surface area contributed by atoms with E-state index in [0.29, 0.717) is 5.92 Å². The van der Waals surface area contributed by atoms with Gasteiger partial charge in [-0.25, -0.2) is 0 Å². The van der Waals surface area contributed by atoms with Gasteiger partial charge in [0.1, 0.15) is 5.60 Å². The quantitative estimate of drug-likeness (QED) is 0.743. The minimum absolute atomic E-state index is 0.0671. The summed E-state index contributed by atoms with van der Waals surface area (Å²) in [6, 6.07) is 0. The zero-order chi connectivity index (χ0) is 16.0. The van der Waals surface area contributed by atoms with Crippen molar-refractivity contribution in [2.24, 2.45) is 17.8 Å². The normalized spacial score (nSPS) is 27.6. The number of hydrogen-bond acceptors (Lipinski definition) is 3. The van der Waals surface area contributed by atoms with Gasteiger partial charge in [0.25, 0.3) is 0 Å². The summed E-state index contributed by atoms with van der Waals surface area (Å²) in [4.78, 5) is 12.5. The van der Waals surface area contributed by atoms with Gasteiger partial charge in [0, 0.05) is 5.92 Å². The molecule has 1 aliphatic heterocycles. The molecule has 3 nitrogen and oxygen atoms in total. The Balaban J connectivity index is 1.77. The van der Waals surface area contributed by atoms with Crippen LogP contribution in [0.2, 0.25) is 0 Å². The Labute approximate surface area is 136 Å². The highest BCUT2D eigenvalue weighted by Gasteiger charge is 2.36. The van der Waals surface area contributed by atoms with Crippen LogP contribution in [0.3, 0.4) is 0 Å². The van der Waals surface area contributed by atoms with Gasteiger partial charge in [-0.3, -0.25) is 4.79 Å². The molecule has 0 amide bonds. The first-order chi connectivity index (χ1) is 10.5. The highest BCUT2D eigenvalue weighted by molar-refractivity contribution is 5.73. The van der Waals surface area contributed by atoms with Crippen molar-refractivity contribution in [3.63, 3.8) is 0 Å². The first kappa shape index (κ1) is 17.8. The Bertz CT molecular complexity index is 339. The zero-order valence-electron chi connectivity index (χ0n) is 14.8. The molecule has 1 N–H and O–H groups in total. The fraction of sp³-hybridized carbons (Fsp3) is 0.947. The Morgan fingerprint density at radius 3 is 2.32 bits per heavy atom. The van der Waals surface area contributed by atoms with Gasteiger partial charge < -0.3 is 10.1 Å². The molecule has 22 heavy (non-hydrogen) atoms. The van der Waals surface area contributed by atoms with Crippen LogP contribution in [0.5, 0.6) is 0 Å². The van der Waals surface area contributed by atoms with E-state index in [4.69, 9.17) is 4.74 Å². The molecule has 0 aromatic heterocycles. The van der Waals surface area contributed by atoms with Crippen molar-refractivity contribution in [1.82, 2.24) is 5.32 Å². The number of carbonyl (C=O) groups is 1. The van der Waals surface area contributed by atoms with E-state index in [1.807, 2.05) is 0 Å². The standard InChI is InChI=1S/C19H35NO2/c1-4-5-6-15-7-9-16(10-8-15)18(21)22-19(2,3)17-11-13-20-14-12-17/h15-17,20H,4-14H2,1-3H3. The predicted octanol–water partition coefficient (Wildman–Crippen LogP) is 4.30. The Morgan fingerprint density at radius 1 is 1.09 bits per heavy atom. The topological polar surface area (TPSA) is 38.3 Å². The largest absolute Gasteiger partial charge is 0.459 e. The van der Waals surface area contributed by atoms with Crippen LogP contribution in [0.1, 0.15) is 78.6 Å². The number of rotatable bonds is 6. The van der Waals surface area contributed by atoms with E-state index < -0.39 is 0 Å². The van der Waals surface area contributed by atoms with Crippen molar-refractivity contribution >= 4 is 5.97 Å². The third kappa shape index (κ3) is 4.97. The summed E-state index contributed by atoms with van der Waals surface area (Å²) in [5.41, 5.74) is -0.307. The molecular formula is C19H35NO2. The fourth-order valence-electron chi connectivity index (χ4n) is 4.12. The molecule has 2 rings (SSSR count). The summed E-state index contributed by atoms with van der Waals surface area (Å²) in [6.45, 7) is 8.57. The first-order valence-electron chi connectivity index (χ1n) is 9.46. The Hall–Kier alpha value is -0.570. The molecule has 0 aromatic rings. The van der Waals surface area contributed by atoms with E-state index in [-0.39, 0.29) is 17.5 Å². The fourth-order valence-corrected chi connectivity index (χ4v) is 4.12. The number of unbranched alkanes of at least 4 members (excludes halogenated alkanes) is 1. The van der Waals surface area contributed by atoms with Crippen molar-refractivity contribution in [3.8, 4) is 0 Å². The van der Waals surface area contributed by atoms with Gasteiger partial charge in [0.05, 0.1) is 5.92 Å². The first-order valence-corrected chi connectivity index (χ1v) is 9.46. The SMILES string of the molecule is CCCCC1CCC(C(=O)OC(C)(C)C2CCNCC2)CC1. The molecule has 0 radical (unpaired) electrons. The maximum absolute atomic E-state index is 12.5. The van der Waals surface area contributed by atoms with Gasteiger partial charge in [-0.1, -0.05) is 26.2 Å². The van der Waals surface area contributed by atoms with Crippen molar-refractivity contribution in [2.75, 3.05) is 13.1 Å². The third-order valence-electron chi connectivity index (χ3n) is 5.83. The average Bonchev–Trinajstić information content (AvgIpc) is 2.54. The van der Waals surface area contributed by atoms with Crippen LogP contribution < -0.4 is 5.32 Å². The molecule has 1 aliphatic carbocycles. The van der Waals surface area contributed by atoms with Gasteiger partial charge in [0.15, 0.2) is 0 Å². The molecule has 0 aromatic carbocycles. The highest BCUT2D eigenvalue weighted by atomic mass is 16.6. The average molecular weight is 309 g/mol. The van der Waals surface area contributed by atoms with E-state index in [1.165, 1.54) is 32.1 Å². The highest BCUT2D eigenvalue weighted by Crippen LogP contribution is 2.35. The number of nitrogens with one attached hydrogen (secondary N) is 1. The minimum Gasteiger partial charge on any atom is -0.459 e. The molecule has 1 saturated carbocycles. The molecule has 128 valence electrons. The van der Waals surface area contributed by atoms with Crippen molar-refractivity contribution < 1.29 is 9.53 Å². The maximum atomic E-state index is 12.5. The van der Waals surface area contributed by atoms with E-state index in [0.717, 1.165) is 44.7 Å². The smallest absolute Gasteiger partial charge is 0.309 e. The molecule has 1 saturated heterocycles. The third-order valence-corrected chi connectivity index (χ3v) is 5.83. The Kier molecular flexibility index (Phi) is 6.73. The Morgan fingerprint density at radius 2 is 1.73 bits per heavy atom. The predicted molar refractivity (Wildman–Crippen MR) is 90.7 cm³/mol. The summed E-state index contributed by atoms with van der Waals surface area (Å²) < 4.78 is 5.97. The number of hydrogen-bond donors (Lipinski definition) is 1. The minimum atomic E-state index is -0.307. The number of esters is 1. The van der Waals surface area contributed by atoms with Crippen molar-refractivity contribution in [1.29, 1.82) is 0 Å². The number of carbonyl (C=O) groups excluding carboxylic acids is 1. The van der Waals surface area contributed by atoms with Crippen molar-refractivity contribution in [2.45, 2.75) is 84.2 Å². The molecule has 0 unspecified atom stereocenters.